The molecule has 0 radical (unpaired) electrons. The second-order valence-electron chi connectivity index (χ2n) is 5.16. The summed E-state index contributed by atoms with van der Waals surface area (Å²) in [6.45, 7) is 0.763. The lowest BCUT2D eigenvalue weighted by molar-refractivity contribution is 0.101. The number of carbonyl (C=O) groups is 1. The topological polar surface area (TPSA) is 59.6 Å². The van der Waals surface area contributed by atoms with Crippen LogP contribution in [0.3, 0.4) is 0 Å². The van der Waals surface area contributed by atoms with Crippen LogP contribution >= 0.6 is 11.6 Å². The van der Waals surface area contributed by atoms with Crippen LogP contribution in [0.5, 0.6) is 5.75 Å². The van der Waals surface area contributed by atoms with Crippen molar-refractivity contribution in [1.82, 2.24) is 10.6 Å². The third kappa shape index (κ3) is 5.15. The highest BCUT2D eigenvalue weighted by Gasteiger charge is 2.16. The minimum atomic E-state index is -0.289. The van der Waals surface area contributed by atoms with Gasteiger partial charge in [-0.2, -0.15) is 0 Å². The third-order valence-electron chi connectivity index (χ3n) is 3.58. The van der Waals surface area contributed by atoms with Gasteiger partial charge >= 0.3 is 6.03 Å². The molecule has 24 heavy (non-hydrogen) atoms. The Bertz CT molecular complexity index is 662. The Labute approximate surface area is 146 Å². The molecule has 2 amide bonds. The van der Waals surface area contributed by atoms with Crippen LogP contribution in [0.4, 0.5) is 4.79 Å². The fourth-order valence-electron chi connectivity index (χ4n) is 2.29. The van der Waals surface area contributed by atoms with E-state index >= 15 is 0 Å². The van der Waals surface area contributed by atoms with Gasteiger partial charge in [0.1, 0.15) is 11.9 Å². The Morgan fingerprint density at radius 1 is 1.08 bits per heavy atom. The maximum absolute atomic E-state index is 12.0. The predicted octanol–water partition coefficient (Wildman–Crippen LogP) is 3.54. The standard InChI is InChI=1S/C18H21ClN2O3/c1-23-16-6-4-3-5-15(16)17(24-2)12-21-18(22)20-11-13-7-9-14(19)10-8-13/h3-10,17H,11-12H2,1-2H3,(H2,20,21,22). The molecule has 2 N–H and O–H groups in total. The van der Waals surface area contributed by atoms with Crippen molar-refractivity contribution in [2.24, 2.45) is 0 Å². The van der Waals surface area contributed by atoms with Gasteiger partial charge in [0, 0.05) is 30.8 Å². The molecule has 5 nitrogen and oxygen atoms in total. The van der Waals surface area contributed by atoms with Crippen LogP contribution in [0.2, 0.25) is 5.02 Å². The number of urea groups is 1. The highest BCUT2D eigenvalue weighted by Crippen LogP contribution is 2.26. The van der Waals surface area contributed by atoms with E-state index in [9.17, 15) is 4.79 Å². The monoisotopic (exact) mass is 348 g/mol. The lowest BCUT2D eigenvalue weighted by Gasteiger charge is -2.19. The first-order chi connectivity index (χ1) is 11.6. The molecule has 1 unspecified atom stereocenters. The van der Waals surface area contributed by atoms with Gasteiger partial charge in [-0.3, -0.25) is 0 Å². The number of methoxy groups -OCH3 is 2. The van der Waals surface area contributed by atoms with Crippen LogP contribution < -0.4 is 15.4 Å². The summed E-state index contributed by atoms with van der Waals surface area (Å²) in [5.74, 6) is 0.729. The number of ether oxygens (including phenoxy) is 2. The number of amides is 2. The summed E-state index contributed by atoms with van der Waals surface area (Å²) in [5.41, 5.74) is 1.86. The van der Waals surface area contributed by atoms with E-state index < -0.39 is 0 Å². The van der Waals surface area contributed by atoms with Gasteiger partial charge in [-0.15, -0.1) is 0 Å². The van der Waals surface area contributed by atoms with Gasteiger partial charge in [-0.25, -0.2) is 4.79 Å². The summed E-state index contributed by atoms with van der Waals surface area (Å²) in [7, 11) is 3.21. The molecule has 0 fully saturated rings. The van der Waals surface area contributed by atoms with Crippen LogP contribution in [-0.4, -0.2) is 26.8 Å². The molecule has 0 spiro atoms. The molecule has 6 heteroatoms. The molecule has 2 aromatic rings. The zero-order valence-corrected chi connectivity index (χ0v) is 14.5. The van der Waals surface area contributed by atoms with E-state index in [1.807, 2.05) is 36.4 Å². The third-order valence-corrected chi connectivity index (χ3v) is 3.84. The molecule has 2 aromatic carbocycles. The first-order valence-corrected chi connectivity index (χ1v) is 7.93. The van der Waals surface area contributed by atoms with E-state index in [1.54, 1.807) is 26.4 Å². The van der Waals surface area contributed by atoms with Gasteiger partial charge in [0.2, 0.25) is 0 Å². The summed E-state index contributed by atoms with van der Waals surface area (Å²) >= 11 is 5.83. The van der Waals surface area contributed by atoms with Crippen molar-refractivity contribution in [3.8, 4) is 5.75 Å². The van der Waals surface area contributed by atoms with Crippen molar-refractivity contribution < 1.29 is 14.3 Å². The van der Waals surface area contributed by atoms with Gasteiger partial charge in [-0.05, 0) is 23.8 Å². The van der Waals surface area contributed by atoms with Gasteiger partial charge in [0.15, 0.2) is 0 Å². The molecule has 0 saturated heterocycles. The predicted molar refractivity (Wildman–Crippen MR) is 94.4 cm³/mol. The molecule has 0 bridgehead atoms. The number of halogens is 1. The fourth-order valence-corrected chi connectivity index (χ4v) is 2.41. The van der Waals surface area contributed by atoms with Crippen LogP contribution in [0.25, 0.3) is 0 Å². The first kappa shape index (κ1) is 18.1. The number of rotatable bonds is 7. The van der Waals surface area contributed by atoms with Crippen molar-refractivity contribution in [2.75, 3.05) is 20.8 Å². The van der Waals surface area contributed by atoms with Crippen molar-refractivity contribution in [3.05, 3.63) is 64.7 Å². The van der Waals surface area contributed by atoms with Gasteiger partial charge in [0.25, 0.3) is 0 Å². The molecular weight excluding hydrogens is 328 g/mol. The number of nitrogens with one attached hydrogen (secondary N) is 2. The number of hydrogen-bond acceptors (Lipinski definition) is 3. The summed E-state index contributed by atoms with van der Waals surface area (Å²) < 4.78 is 10.8. The summed E-state index contributed by atoms with van der Waals surface area (Å²) in [5, 5.41) is 6.28. The molecule has 0 aliphatic rings. The molecule has 0 aliphatic heterocycles. The van der Waals surface area contributed by atoms with Crippen molar-refractivity contribution in [3.63, 3.8) is 0 Å². The molecule has 0 heterocycles. The molecule has 1 atom stereocenters. The second kappa shape index (κ2) is 9.15. The average Bonchev–Trinajstić information content (AvgIpc) is 2.62. The molecule has 0 aliphatic carbocycles. The Kier molecular flexibility index (Phi) is 6.90. The SMILES string of the molecule is COc1ccccc1C(CNC(=O)NCc1ccc(Cl)cc1)OC. The Hall–Kier alpha value is -2.24. The lowest BCUT2D eigenvalue weighted by Crippen LogP contribution is -2.37. The zero-order chi connectivity index (χ0) is 17.4. The fraction of sp³-hybridized carbons (Fsp3) is 0.278. The minimum Gasteiger partial charge on any atom is -0.496 e. The first-order valence-electron chi connectivity index (χ1n) is 7.56. The highest BCUT2D eigenvalue weighted by atomic mass is 35.5. The highest BCUT2D eigenvalue weighted by molar-refractivity contribution is 6.30. The van der Waals surface area contributed by atoms with E-state index in [4.69, 9.17) is 21.1 Å². The van der Waals surface area contributed by atoms with Gasteiger partial charge < -0.3 is 20.1 Å². The number of para-hydroxylation sites is 1. The minimum absolute atomic E-state index is 0.262. The zero-order valence-electron chi connectivity index (χ0n) is 13.7. The Balaban J connectivity index is 1.86. The summed E-state index contributed by atoms with van der Waals surface area (Å²) in [4.78, 5) is 12.0. The van der Waals surface area contributed by atoms with E-state index in [2.05, 4.69) is 10.6 Å². The van der Waals surface area contributed by atoms with Crippen LogP contribution in [-0.2, 0) is 11.3 Å². The molecular formula is C18H21ClN2O3. The molecule has 0 saturated carbocycles. The lowest BCUT2D eigenvalue weighted by atomic mass is 10.1. The molecule has 0 aromatic heterocycles. The number of carbonyl (C=O) groups excluding carboxylic acids is 1. The largest absolute Gasteiger partial charge is 0.496 e. The van der Waals surface area contributed by atoms with Crippen LogP contribution in [0.15, 0.2) is 48.5 Å². The van der Waals surface area contributed by atoms with Crippen molar-refractivity contribution in [2.45, 2.75) is 12.6 Å². The summed E-state index contributed by atoms with van der Waals surface area (Å²) in [6.07, 6.45) is -0.289. The maximum atomic E-state index is 12.0. The van der Waals surface area contributed by atoms with E-state index in [0.29, 0.717) is 18.1 Å². The van der Waals surface area contributed by atoms with Gasteiger partial charge in [-0.1, -0.05) is 41.9 Å². The number of hydrogen-bond donors (Lipinski definition) is 2. The van der Waals surface area contributed by atoms with Crippen LogP contribution in [0.1, 0.15) is 17.2 Å². The maximum Gasteiger partial charge on any atom is 0.315 e. The van der Waals surface area contributed by atoms with Crippen molar-refractivity contribution >= 4 is 17.6 Å². The van der Waals surface area contributed by atoms with E-state index in [-0.39, 0.29) is 12.1 Å². The molecule has 128 valence electrons. The van der Waals surface area contributed by atoms with Crippen LogP contribution in [0, 0.1) is 0 Å². The Morgan fingerprint density at radius 2 is 1.79 bits per heavy atom. The smallest absolute Gasteiger partial charge is 0.315 e. The van der Waals surface area contributed by atoms with Gasteiger partial charge in [0.05, 0.1) is 7.11 Å². The normalized spacial score (nSPS) is 11.6. The Morgan fingerprint density at radius 3 is 2.46 bits per heavy atom. The second-order valence-corrected chi connectivity index (χ2v) is 5.59. The summed E-state index contributed by atoms with van der Waals surface area (Å²) in [6, 6.07) is 14.6. The molecule has 2 rings (SSSR count). The van der Waals surface area contributed by atoms with Crippen molar-refractivity contribution in [1.29, 1.82) is 0 Å². The van der Waals surface area contributed by atoms with E-state index in [0.717, 1.165) is 16.9 Å². The number of benzene rings is 2. The van der Waals surface area contributed by atoms with E-state index in [1.165, 1.54) is 0 Å². The average molecular weight is 349 g/mol. The quantitative estimate of drug-likeness (QED) is 0.804.